The van der Waals surface area contributed by atoms with Crippen molar-refractivity contribution >= 4 is 56.8 Å². The third kappa shape index (κ3) is 6.11. The van der Waals surface area contributed by atoms with Crippen LogP contribution < -0.4 is 10.2 Å². The fourth-order valence-corrected chi connectivity index (χ4v) is 4.29. The van der Waals surface area contributed by atoms with Crippen LogP contribution in [0.5, 0.6) is 0 Å². The van der Waals surface area contributed by atoms with Gasteiger partial charge in [0.1, 0.15) is 0 Å². The molecule has 0 heterocycles. The van der Waals surface area contributed by atoms with Crippen LogP contribution in [0.25, 0.3) is 0 Å². The van der Waals surface area contributed by atoms with Gasteiger partial charge in [-0.2, -0.15) is 0 Å². The Morgan fingerprint density at radius 3 is 2.24 bits per heavy atom. The summed E-state index contributed by atoms with van der Waals surface area (Å²) in [5, 5.41) is 22.8. The monoisotopic (exact) mass is 529 g/mol. The first-order chi connectivity index (χ1) is 15.7. The molecule has 0 saturated heterocycles. The molecular weight excluding hydrogens is 510 g/mol. The molecule has 170 valence electrons. The van der Waals surface area contributed by atoms with E-state index in [1.165, 1.54) is 6.07 Å². The SMILES string of the molecule is CC(C)N(C(=O)c1ccc(Sc2ccc(NC(=O)O)cc2)c([N+](=O)[O-])c1)c1ccc(Br)cc1. The van der Waals surface area contributed by atoms with Crippen LogP contribution in [0.3, 0.4) is 0 Å². The number of anilines is 2. The Hall–Kier alpha value is -3.37. The van der Waals surface area contributed by atoms with E-state index >= 15 is 0 Å². The van der Waals surface area contributed by atoms with Crippen molar-refractivity contribution in [1.29, 1.82) is 0 Å². The average molecular weight is 530 g/mol. The van der Waals surface area contributed by atoms with E-state index in [4.69, 9.17) is 5.11 Å². The Morgan fingerprint density at radius 2 is 1.70 bits per heavy atom. The number of nitrogens with one attached hydrogen (secondary N) is 1. The number of hydrogen-bond acceptors (Lipinski definition) is 5. The van der Waals surface area contributed by atoms with Crippen LogP contribution >= 0.6 is 27.7 Å². The van der Waals surface area contributed by atoms with Gasteiger partial charge in [-0.05, 0) is 74.5 Å². The van der Waals surface area contributed by atoms with Crippen molar-refractivity contribution in [2.24, 2.45) is 0 Å². The van der Waals surface area contributed by atoms with Crippen molar-refractivity contribution in [3.63, 3.8) is 0 Å². The summed E-state index contributed by atoms with van der Waals surface area (Å²) in [4.78, 5) is 37.9. The van der Waals surface area contributed by atoms with Gasteiger partial charge in [-0.1, -0.05) is 27.7 Å². The van der Waals surface area contributed by atoms with Crippen molar-refractivity contribution in [3.8, 4) is 0 Å². The smallest absolute Gasteiger partial charge is 0.409 e. The zero-order valence-corrected chi connectivity index (χ0v) is 20.1. The number of nitro benzene ring substituents is 1. The molecule has 0 fully saturated rings. The van der Waals surface area contributed by atoms with E-state index in [1.807, 2.05) is 38.1 Å². The summed E-state index contributed by atoms with van der Waals surface area (Å²) in [6.45, 7) is 3.75. The Labute approximate surface area is 202 Å². The van der Waals surface area contributed by atoms with E-state index in [2.05, 4.69) is 21.2 Å². The highest BCUT2D eigenvalue weighted by molar-refractivity contribution is 9.10. The fraction of sp³-hybridized carbons (Fsp3) is 0.130. The van der Waals surface area contributed by atoms with Crippen LogP contribution in [0.15, 0.2) is 81.0 Å². The number of nitrogens with zero attached hydrogens (tertiary/aromatic N) is 2. The molecule has 33 heavy (non-hydrogen) atoms. The molecule has 3 aromatic carbocycles. The molecule has 3 rings (SSSR count). The van der Waals surface area contributed by atoms with Gasteiger partial charge < -0.3 is 10.0 Å². The highest BCUT2D eigenvalue weighted by Crippen LogP contribution is 2.36. The highest BCUT2D eigenvalue weighted by Gasteiger charge is 2.24. The lowest BCUT2D eigenvalue weighted by atomic mass is 10.1. The van der Waals surface area contributed by atoms with E-state index in [1.54, 1.807) is 41.3 Å². The molecular formula is C23H20BrN3O5S. The number of carbonyl (C=O) groups is 2. The molecule has 0 unspecified atom stereocenters. The molecule has 10 heteroatoms. The molecule has 0 bridgehead atoms. The van der Waals surface area contributed by atoms with Crippen LogP contribution in [0.2, 0.25) is 0 Å². The number of rotatable bonds is 7. The van der Waals surface area contributed by atoms with Gasteiger partial charge in [-0.25, -0.2) is 4.79 Å². The van der Waals surface area contributed by atoms with Gasteiger partial charge in [0, 0.05) is 38.4 Å². The number of halogens is 1. The molecule has 2 amide bonds. The van der Waals surface area contributed by atoms with E-state index < -0.39 is 11.0 Å². The molecule has 0 aliphatic rings. The average Bonchev–Trinajstić information content (AvgIpc) is 2.76. The number of carbonyl (C=O) groups excluding carboxylic acids is 1. The second-order valence-corrected chi connectivity index (χ2v) is 9.27. The summed E-state index contributed by atoms with van der Waals surface area (Å²) in [6, 6.07) is 18.0. The quantitative estimate of drug-likeness (QED) is 0.261. The summed E-state index contributed by atoms with van der Waals surface area (Å²) in [5.74, 6) is -0.337. The molecule has 0 aliphatic carbocycles. The topological polar surface area (TPSA) is 113 Å². The molecule has 0 atom stereocenters. The maximum absolute atomic E-state index is 13.3. The van der Waals surface area contributed by atoms with E-state index in [0.717, 1.165) is 16.2 Å². The van der Waals surface area contributed by atoms with Gasteiger partial charge in [-0.15, -0.1) is 0 Å². The van der Waals surface area contributed by atoms with Crippen LogP contribution in [0.1, 0.15) is 24.2 Å². The second kappa shape index (κ2) is 10.5. The number of benzene rings is 3. The third-order valence-corrected chi connectivity index (χ3v) is 6.18. The van der Waals surface area contributed by atoms with Gasteiger partial charge in [0.25, 0.3) is 11.6 Å². The standard InChI is InChI=1S/C23H20BrN3O5S/c1-14(2)26(18-8-4-16(24)5-9-18)22(28)15-3-12-21(20(13-15)27(31)32)33-19-10-6-17(7-11-19)25-23(29)30/h3-14,25H,1-2H3,(H,29,30). The van der Waals surface area contributed by atoms with Crippen LogP contribution in [-0.4, -0.2) is 28.1 Å². The van der Waals surface area contributed by atoms with Crippen molar-refractivity contribution < 1.29 is 19.6 Å². The third-order valence-electron chi connectivity index (χ3n) is 4.58. The summed E-state index contributed by atoms with van der Waals surface area (Å²) in [5.41, 5.74) is 1.11. The maximum atomic E-state index is 13.3. The van der Waals surface area contributed by atoms with Crippen molar-refractivity contribution in [1.82, 2.24) is 0 Å². The van der Waals surface area contributed by atoms with E-state index in [9.17, 15) is 19.7 Å². The van der Waals surface area contributed by atoms with Gasteiger partial charge in [0.05, 0.1) is 9.82 Å². The number of amides is 2. The summed E-state index contributed by atoms with van der Waals surface area (Å²) >= 11 is 4.53. The highest BCUT2D eigenvalue weighted by atomic mass is 79.9. The summed E-state index contributed by atoms with van der Waals surface area (Å²) in [6.07, 6.45) is -1.18. The zero-order valence-electron chi connectivity index (χ0n) is 17.7. The summed E-state index contributed by atoms with van der Waals surface area (Å²) < 4.78 is 0.881. The molecule has 3 aromatic rings. The predicted molar refractivity (Wildman–Crippen MR) is 131 cm³/mol. The number of nitro groups is 1. The maximum Gasteiger partial charge on any atom is 0.409 e. The molecule has 0 saturated carbocycles. The largest absolute Gasteiger partial charge is 0.465 e. The van der Waals surface area contributed by atoms with Crippen molar-refractivity contribution in [2.75, 3.05) is 10.2 Å². The van der Waals surface area contributed by atoms with Crippen LogP contribution in [-0.2, 0) is 0 Å². The van der Waals surface area contributed by atoms with Gasteiger partial charge in [-0.3, -0.25) is 20.2 Å². The summed E-state index contributed by atoms with van der Waals surface area (Å²) in [7, 11) is 0. The molecule has 2 N–H and O–H groups in total. The minimum Gasteiger partial charge on any atom is -0.465 e. The predicted octanol–water partition coefficient (Wildman–Crippen LogP) is 6.65. The van der Waals surface area contributed by atoms with Crippen LogP contribution in [0.4, 0.5) is 21.9 Å². The second-order valence-electron chi connectivity index (χ2n) is 7.24. The fourth-order valence-electron chi connectivity index (χ4n) is 3.13. The van der Waals surface area contributed by atoms with E-state index in [-0.39, 0.29) is 23.2 Å². The Bertz CT molecular complexity index is 1180. The first-order valence-electron chi connectivity index (χ1n) is 9.81. The minimum atomic E-state index is -1.18. The molecule has 0 aromatic heterocycles. The lowest BCUT2D eigenvalue weighted by Gasteiger charge is -2.27. The lowest BCUT2D eigenvalue weighted by molar-refractivity contribution is -0.387. The number of hydrogen-bond donors (Lipinski definition) is 2. The van der Waals surface area contributed by atoms with Crippen LogP contribution in [0, 0.1) is 10.1 Å². The van der Waals surface area contributed by atoms with E-state index in [0.29, 0.717) is 21.2 Å². The molecule has 0 spiro atoms. The number of carboxylic acid groups (broad SMARTS) is 1. The van der Waals surface area contributed by atoms with Crippen molar-refractivity contribution in [3.05, 3.63) is 86.9 Å². The van der Waals surface area contributed by atoms with Gasteiger partial charge >= 0.3 is 6.09 Å². The Balaban J connectivity index is 1.90. The van der Waals surface area contributed by atoms with Crippen molar-refractivity contribution in [2.45, 2.75) is 29.7 Å². The Kier molecular flexibility index (Phi) is 7.72. The first kappa shape index (κ1) is 24.3. The lowest BCUT2D eigenvalue weighted by Crippen LogP contribution is -2.37. The molecule has 0 aliphatic heterocycles. The molecule has 8 nitrogen and oxygen atoms in total. The Morgan fingerprint density at radius 1 is 1.06 bits per heavy atom. The minimum absolute atomic E-state index is 0.162. The first-order valence-corrected chi connectivity index (χ1v) is 11.4. The normalized spacial score (nSPS) is 10.7. The van der Waals surface area contributed by atoms with Gasteiger partial charge in [0.2, 0.25) is 0 Å². The zero-order chi connectivity index (χ0) is 24.1. The molecule has 0 radical (unpaired) electrons. The van der Waals surface area contributed by atoms with Gasteiger partial charge in [0.15, 0.2) is 0 Å².